The van der Waals surface area contributed by atoms with Crippen LogP contribution in [0.4, 0.5) is 4.79 Å². The molecule has 46 valence electrons. The number of hydrogen-bond acceptors (Lipinski definition) is 2. The largest absolute Gasteiger partial charge is 0.443 e. The first-order valence-corrected chi connectivity index (χ1v) is 3.45. The van der Waals surface area contributed by atoms with Gasteiger partial charge in [-0.3, -0.25) is 0 Å². The van der Waals surface area contributed by atoms with Crippen molar-refractivity contribution in [3.05, 3.63) is 0 Å². The number of ether oxygens (including phenoxy) is 1. The van der Waals surface area contributed by atoms with Gasteiger partial charge in [0.1, 0.15) is 6.10 Å². The molecule has 1 aliphatic rings. The van der Waals surface area contributed by atoms with Crippen molar-refractivity contribution in [3.63, 3.8) is 0 Å². The number of rotatable bonds is 1. The number of carbonyl (C=O) groups is 1. The van der Waals surface area contributed by atoms with Gasteiger partial charge in [-0.25, -0.2) is 4.79 Å². The molecule has 1 saturated heterocycles. The Kier molecular flexibility index (Phi) is 1.73. The van der Waals surface area contributed by atoms with Crippen LogP contribution in [0.1, 0.15) is 0 Å². The van der Waals surface area contributed by atoms with E-state index in [9.17, 15) is 4.79 Å². The van der Waals surface area contributed by atoms with Gasteiger partial charge in [-0.15, -0.1) is 0 Å². The highest BCUT2D eigenvalue weighted by atomic mass is 79.9. The lowest BCUT2D eigenvalue weighted by Gasteiger charge is -1.98. The number of alkyl carbamates (subject to hydrolysis) is 1. The molecule has 0 spiro atoms. The van der Waals surface area contributed by atoms with Crippen molar-refractivity contribution in [2.75, 3.05) is 11.9 Å². The lowest BCUT2D eigenvalue weighted by molar-refractivity contribution is 0.150. The summed E-state index contributed by atoms with van der Waals surface area (Å²) in [6, 6.07) is 0. The second-order valence-corrected chi connectivity index (χ2v) is 2.21. The number of halogens is 1. The lowest BCUT2D eigenvalue weighted by Crippen LogP contribution is -2.15. The third-order valence-electron chi connectivity index (χ3n) is 0.920. The topological polar surface area (TPSA) is 38.3 Å². The molecule has 8 heavy (non-hydrogen) atoms. The average molecular weight is 180 g/mol. The molecule has 3 nitrogen and oxygen atoms in total. The average Bonchev–Trinajstić information content (AvgIpc) is 2.14. The SMILES string of the molecule is O=C1NC[C@H](CBr)O1. The van der Waals surface area contributed by atoms with Crippen molar-refractivity contribution in [2.24, 2.45) is 0 Å². The summed E-state index contributed by atoms with van der Waals surface area (Å²) >= 11 is 3.19. The molecule has 0 aromatic rings. The normalized spacial score (nSPS) is 27.1. The second kappa shape index (κ2) is 2.35. The van der Waals surface area contributed by atoms with Gasteiger partial charge in [0, 0.05) is 5.33 Å². The minimum absolute atomic E-state index is 0.0301. The van der Waals surface area contributed by atoms with E-state index in [2.05, 4.69) is 21.2 Å². The van der Waals surface area contributed by atoms with Crippen LogP contribution in [0.3, 0.4) is 0 Å². The number of cyclic esters (lactones) is 1. The molecule has 1 fully saturated rings. The quantitative estimate of drug-likeness (QED) is 0.596. The fraction of sp³-hybridized carbons (Fsp3) is 0.750. The van der Waals surface area contributed by atoms with Crippen molar-refractivity contribution in [1.29, 1.82) is 0 Å². The van der Waals surface area contributed by atoms with E-state index < -0.39 is 0 Å². The first-order valence-electron chi connectivity index (χ1n) is 2.33. The van der Waals surface area contributed by atoms with Gasteiger partial charge in [-0.2, -0.15) is 0 Å². The molecule has 1 N–H and O–H groups in total. The van der Waals surface area contributed by atoms with E-state index in [1.807, 2.05) is 0 Å². The zero-order chi connectivity index (χ0) is 5.98. The maximum Gasteiger partial charge on any atom is 0.407 e. The highest BCUT2D eigenvalue weighted by Crippen LogP contribution is 2.01. The predicted molar refractivity (Wildman–Crippen MR) is 32.1 cm³/mol. The Hall–Kier alpha value is -0.250. The van der Waals surface area contributed by atoms with Gasteiger partial charge in [0.2, 0.25) is 0 Å². The molecular formula is C4H6BrNO2. The number of hydrogen-bond donors (Lipinski definition) is 1. The fourth-order valence-corrected chi connectivity index (χ4v) is 0.879. The number of amides is 1. The second-order valence-electron chi connectivity index (χ2n) is 1.56. The van der Waals surface area contributed by atoms with Gasteiger partial charge < -0.3 is 10.1 Å². The van der Waals surface area contributed by atoms with Gasteiger partial charge >= 0.3 is 6.09 Å². The van der Waals surface area contributed by atoms with Gasteiger partial charge in [0.15, 0.2) is 0 Å². The first kappa shape index (κ1) is 5.88. The molecule has 0 radical (unpaired) electrons. The van der Waals surface area contributed by atoms with Gasteiger partial charge in [0.05, 0.1) is 6.54 Å². The molecule has 1 rings (SSSR count). The standard InChI is InChI=1S/C4H6BrNO2/c5-1-3-2-6-4(7)8-3/h3H,1-2H2,(H,6,7)/t3-/m0/s1. The Balaban J connectivity index is 2.32. The minimum Gasteiger partial charge on any atom is -0.443 e. The van der Waals surface area contributed by atoms with Crippen molar-refractivity contribution in [3.8, 4) is 0 Å². The van der Waals surface area contributed by atoms with E-state index >= 15 is 0 Å². The van der Waals surface area contributed by atoms with Crippen LogP contribution in [-0.2, 0) is 4.74 Å². The van der Waals surface area contributed by atoms with Crippen molar-refractivity contribution in [1.82, 2.24) is 5.32 Å². The Morgan fingerprint density at radius 2 is 2.75 bits per heavy atom. The zero-order valence-corrected chi connectivity index (χ0v) is 5.77. The molecule has 0 unspecified atom stereocenters. The van der Waals surface area contributed by atoms with Crippen LogP contribution in [0, 0.1) is 0 Å². The van der Waals surface area contributed by atoms with Gasteiger partial charge in [-0.05, 0) is 0 Å². The molecule has 1 amide bonds. The summed E-state index contributed by atoms with van der Waals surface area (Å²) in [5, 5.41) is 3.24. The molecular weight excluding hydrogens is 174 g/mol. The maximum absolute atomic E-state index is 10.3. The fourth-order valence-electron chi connectivity index (χ4n) is 0.518. The lowest BCUT2D eigenvalue weighted by atomic mass is 10.4. The first-order chi connectivity index (χ1) is 3.83. The molecule has 0 bridgehead atoms. The van der Waals surface area contributed by atoms with E-state index in [0.29, 0.717) is 11.9 Å². The molecule has 0 aliphatic carbocycles. The van der Waals surface area contributed by atoms with Crippen molar-refractivity contribution < 1.29 is 9.53 Å². The third kappa shape index (κ3) is 1.12. The zero-order valence-electron chi connectivity index (χ0n) is 4.19. The Morgan fingerprint density at radius 3 is 3.00 bits per heavy atom. The summed E-state index contributed by atoms with van der Waals surface area (Å²) in [5.74, 6) is 0. The van der Waals surface area contributed by atoms with Crippen LogP contribution in [0.2, 0.25) is 0 Å². The van der Waals surface area contributed by atoms with E-state index in [1.54, 1.807) is 0 Å². The smallest absolute Gasteiger partial charge is 0.407 e. The highest BCUT2D eigenvalue weighted by molar-refractivity contribution is 9.09. The van der Waals surface area contributed by atoms with E-state index in [4.69, 9.17) is 4.74 Å². The molecule has 4 heteroatoms. The molecule has 1 atom stereocenters. The molecule has 1 heterocycles. The molecule has 0 aromatic heterocycles. The van der Waals surface area contributed by atoms with Crippen LogP contribution in [0.15, 0.2) is 0 Å². The summed E-state index contributed by atoms with van der Waals surface area (Å²) in [6.45, 7) is 0.629. The van der Waals surface area contributed by atoms with Crippen LogP contribution in [-0.4, -0.2) is 24.1 Å². The highest BCUT2D eigenvalue weighted by Gasteiger charge is 2.20. The third-order valence-corrected chi connectivity index (χ3v) is 1.64. The van der Waals surface area contributed by atoms with E-state index in [1.165, 1.54) is 0 Å². The number of alkyl halides is 1. The van der Waals surface area contributed by atoms with Crippen LogP contribution >= 0.6 is 15.9 Å². The number of carbonyl (C=O) groups excluding carboxylic acids is 1. The monoisotopic (exact) mass is 179 g/mol. The number of nitrogens with one attached hydrogen (secondary N) is 1. The van der Waals surface area contributed by atoms with Crippen molar-refractivity contribution >= 4 is 22.0 Å². The Bertz CT molecular complexity index is 106. The summed E-state index contributed by atoms with van der Waals surface area (Å²) in [7, 11) is 0. The van der Waals surface area contributed by atoms with Crippen LogP contribution < -0.4 is 5.32 Å². The maximum atomic E-state index is 10.3. The summed E-state index contributed by atoms with van der Waals surface area (Å²) in [4.78, 5) is 10.3. The summed E-state index contributed by atoms with van der Waals surface area (Å²) in [6.07, 6.45) is -0.281. The van der Waals surface area contributed by atoms with E-state index in [-0.39, 0.29) is 12.2 Å². The summed E-state index contributed by atoms with van der Waals surface area (Å²) < 4.78 is 4.71. The van der Waals surface area contributed by atoms with E-state index in [0.717, 1.165) is 0 Å². The molecule has 1 aliphatic heterocycles. The van der Waals surface area contributed by atoms with Crippen LogP contribution in [0.25, 0.3) is 0 Å². The predicted octanol–water partition coefficient (Wildman–Crippen LogP) is 0.490. The minimum atomic E-state index is -0.311. The van der Waals surface area contributed by atoms with Crippen LogP contribution in [0.5, 0.6) is 0 Å². The molecule has 0 saturated carbocycles. The molecule has 0 aromatic carbocycles. The Labute approximate surface area is 55.5 Å². The van der Waals surface area contributed by atoms with Crippen molar-refractivity contribution in [2.45, 2.75) is 6.10 Å². The summed E-state index contributed by atoms with van der Waals surface area (Å²) in [5.41, 5.74) is 0. The van der Waals surface area contributed by atoms with Gasteiger partial charge in [-0.1, -0.05) is 15.9 Å². The Morgan fingerprint density at radius 1 is 2.00 bits per heavy atom. The van der Waals surface area contributed by atoms with Gasteiger partial charge in [0.25, 0.3) is 0 Å².